The molecule has 1 heterocycles. The fraction of sp³-hybridized carbons (Fsp3) is 1.00. The predicted molar refractivity (Wildman–Crippen MR) is 72.5 cm³/mol. The Morgan fingerprint density at radius 1 is 1.18 bits per heavy atom. The highest BCUT2D eigenvalue weighted by Gasteiger charge is 2.22. The number of nitrogens with zero attached hydrogens (tertiary/aromatic N) is 2. The summed E-state index contributed by atoms with van der Waals surface area (Å²) in [6.45, 7) is 13.3. The minimum Gasteiger partial charge on any atom is -0.383 e. The van der Waals surface area contributed by atoms with Crippen LogP contribution in [0.5, 0.6) is 0 Å². The van der Waals surface area contributed by atoms with Crippen LogP contribution >= 0.6 is 0 Å². The van der Waals surface area contributed by atoms with Crippen molar-refractivity contribution in [1.29, 1.82) is 0 Å². The smallest absolute Gasteiger partial charge is 0.0630 e. The molecule has 1 atom stereocenters. The molecule has 17 heavy (non-hydrogen) atoms. The maximum absolute atomic E-state index is 5.33. The number of hydrogen-bond acceptors (Lipinski definition) is 4. The molecular weight excluding hydrogens is 214 g/mol. The average molecular weight is 243 g/mol. The second kappa shape index (κ2) is 8.86. The summed E-state index contributed by atoms with van der Waals surface area (Å²) < 4.78 is 5.33. The number of nitrogens with one attached hydrogen (secondary N) is 1. The van der Waals surface area contributed by atoms with Gasteiger partial charge in [-0.05, 0) is 19.5 Å². The van der Waals surface area contributed by atoms with E-state index in [9.17, 15) is 0 Å². The van der Waals surface area contributed by atoms with Crippen LogP contribution in [0.3, 0.4) is 0 Å². The molecule has 1 aliphatic rings. The van der Waals surface area contributed by atoms with Gasteiger partial charge in [0.25, 0.3) is 0 Å². The van der Waals surface area contributed by atoms with Gasteiger partial charge in [-0.2, -0.15) is 0 Å². The standard InChI is InChI=1S/C13H29N3O/c1-4-6-15-7-9-16(10-8-15)13(12-17-3)11-14-5-2/h13-14H,4-12H2,1-3H3. The molecule has 0 aromatic rings. The van der Waals surface area contributed by atoms with Crippen LogP contribution in [0, 0.1) is 0 Å². The van der Waals surface area contributed by atoms with Gasteiger partial charge < -0.3 is 15.0 Å². The van der Waals surface area contributed by atoms with Gasteiger partial charge in [0.2, 0.25) is 0 Å². The Bertz CT molecular complexity index is 182. The van der Waals surface area contributed by atoms with Crippen molar-refractivity contribution in [3.05, 3.63) is 0 Å². The molecule has 1 unspecified atom stereocenters. The van der Waals surface area contributed by atoms with Gasteiger partial charge in [0.15, 0.2) is 0 Å². The molecule has 1 saturated heterocycles. The quantitative estimate of drug-likeness (QED) is 0.677. The first-order chi connectivity index (χ1) is 8.31. The molecule has 0 aliphatic carbocycles. The van der Waals surface area contributed by atoms with Gasteiger partial charge in [-0.15, -0.1) is 0 Å². The summed E-state index contributed by atoms with van der Waals surface area (Å²) in [5, 5.41) is 3.43. The van der Waals surface area contributed by atoms with E-state index in [0.29, 0.717) is 6.04 Å². The van der Waals surface area contributed by atoms with E-state index in [1.165, 1.54) is 39.1 Å². The Kier molecular flexibility index (Phi) is 7.77. The first-order valence-electron chi connectivity index (χ1n) is 6.97. The third kappa shape index (κ3) is 5.34. The molecule has 1 N–H and O–H groups in total. The summed E-state index contributed by atoms with van der Waals surface area (Å²) in [6, 6.07) is 0.531. The largest absolute Gasteiger partial charge is 0.383 e. The van der Waals surface area contributed by atoms with Crippen molar-refractivity contribution in [3.63, 3.8) is 0 Å². The van der Waals surface area contributed by atoms with E-state index in [1.807, 2.05) is 0 Å². The van der Waals surface area contributed by atoms with E-state index in [2.05, 4.69) is 29.0 Å². The van der Waals surface area contributed by atoms with E-state index in [1.54, 1.807) is 7.11 Å². The van der Waals surface area contributed by atoms with Crippen LogP contribution in [0.15, 0.2) is 0 Å². The Hall–Kier alpha value is -0.160. The molecule has 0 spiro atoms. The van der Waals surface area contributed by atoms with Crippen molar-refractivity contribution >= 4 is 0 Å². The molecule has 1 aliphatic heterocycles. The van der Waals surface area contributed by atoms with E-state index in [0.717, 1.165) is 19.7 Å². The van der Waals surface area contributed by atoms with Gasteiger partial charge in [-0.3, -0.25) is 4.90 Å². The molecule has 0 radical (unpaired) electrons. The molecule has 0 bridgehead atoms. The summed E-state index contributed by atoms with van der Waals surface area (Å²) in [5.74, 6) is 0. The van der Waals surface area contributed by atoms with Crippen LogP contribution in [0.2, 0.25) is 0 Å². The minimum absolute atomic E-state index is 0.531. The van der Waals surface area contributed by atoms with Crippen LogP contribution in [-0.2, 0) is 4.74 Å². The highest BCUT2D eigenvalue weighted by Crippen LogP contribution is 2.07. The van der Waals surface area contributed by atoms with Crippen LogP contribution in [0.25, 0.3) is 0 Å². The number of methoxy groups -OCH3 is 1. The van der Waals surface area contributed by atoms with Gasteiger partial charge in [-0.25, -0.2) is 0 Å². The van der Waals surface area contributed by atoms with Crippen LogP contribution in [-0.4, -0.2) is 75.4 Å². The fourth-order valence-corrected chi connectivity index (χ4v) is 2.47. The van der Waals surface area contributed by atoms with Crippen molar-refractivity contribution in [2.45, 2.75) is 26.3 Å². The molecule has 0 amide bonds. The lowest BCUT2D eigenvalue weighted by molar-refractivity contribution is 0.0498. The van der Waals surface area contributed by atoms with E-state index in [-0.39, 0.29) is 0 Å². The van der Waals surface area contributed by atoms with Crippen molar-refractivity contribution < 1.29 is 4.74 Å². The van der Waals surface area contributed by atoms with Crippen LogP contribution in [0.1, 0.15) is 20.3 Å². The molecular formula is C13H29N3O. The summed E-state index contributed by atoms with van der Waals surface area (Å²) in [4.78, 5) is 5.13. The zero-order chi connectivity index (χ0) is 12.5. The Labute approximate surface area is 106 Å². The maximum Gasteiger partial charge on any atom is 0.0630 e. The fourth-order valence-electron chi connectivity index (χ4n) is 2.47. The van der Waals surface area contributed by atoms with Gasteiger partial charge in [-0.1, -0.05) is 13.8 Å². The van der Waals surface area contributed by atoms with Crippen molar-refractivity contribution in [2.75, 3.05) is 59.5 Å². The molecule has 1 rings (SSSR count). The zero-order valence-corrected chi connectivity index (χ0v) is 11.7. The zero-order valence-electron chi connectivity index (χ0n) is 11.7. The van der Waals surface area contributed by atoms with Crippen molar-refractivity contribution in [1.82, 2.24) is 15.1 Å². The first-order valence-corrected chi connectivity index (χ1v) is 6.97. The summed E-state index contributed by atoms with van der Waals surface area (Å²) in [5.41, 5.74) is 0. The van der Waals surface area contributed by atoms with Gasteiger partial charge in [0.05, 0.1) is 6.61 Å². The number of hydrogen-bond donors (Lipinski definition) is 1. The van der Waals surface area contributed by atoms with E-state index in [4.69, 9.17) is 4.74 Å². The summed E-state index contributed by atoms with van der Waals surface area (Å²) in [7, 11) is 1.80. The second-order valence-electron chi connectivity index (χ2n) is 4.79. The molecule has 1 fully saturated rings. The number of piperazine rings is 1. The van der Waals surface area contributed by atoms with Crippen LogP contribution < -0.4 is 5.32 Å². The topological polar surface area (TPSA) is 27.7 Å². The van der Waals surface area contributed by atoms with Crippen molar-refractivity contribution in [2.24, 2.45) is 0 Å². The summed E-state index contributed by atoms with van der Waals surface area (Å²) >= 11 is 0. The normalized spacial score (nSPS) is 20.6. The third-order valence-corrected chi connectivity index (χ3v) is 3.45. The Balaban J connectivity index is 2.31. The molecule has 0 aromatic carbocycles. The first kappa shape index (κ1) is 14.9. The third-order valence-electron chi connectivity index (χ3n) is 3.45. The SMILES string of the molecule is CCCN1CCN(C(CNCC)COC)CC1. The monoisotopic (exact) mass is 243 g/mol. The minimum atomic E-state index is 0.531. The van der Waals surface area contributed by atoms with Gasteiger partial charge >= 0.3 is 0 Å². The maximum atomic E-state index is 5.33. The summed E-state index contributed by atoms with van der Waals surface area (Å²) in [6.07, 6.45) is 1.26. The molecule has 0 aromatic heterocycles. The van der Waals surface area contributed by atoms with Gasteiger partial charge in [0, 0.05) is 45.9 Å². The van der Waals surface area contributed by atoms with Crippen molar-refractivity contribution in [3.8, 4) is 0 Å². The highest BCUT2D eigenvalue weighted by atomic mass is 16.5. The molecule has 102 valence electrons. The predicted octanol–water partition coefficient (Wildman–Crippen LogP) is 0.639. The lowest BCUT2D eigenvalue weighted by Crippen LogP contribution is -2.54. The van der Waals surface area contributed by atoms with Gasteiger partial charge in [0.1, 0.15) is 0 Å². The molecule has 4 nitrogen and oxygen atoms in total. The molecule has 4 heteroatoms. The number of rotatable bonds is 8. The number of ether oxygens (including phenoxy) is 1. The van der Waals surface area contributed by atoms with E-state index >= 15 is 0 Å². The lowest BCUT2D eigenvalue weighted by atomic mass is 10.2. The Morgan fingerprint density at radius 3 is 2.41 bits per heavy atom. The average Bonchev–Trinajstić information content (AvgIpc) is 2.36. The number of likely N-dealkylation sites (N-methyl/N-ethyl adjacent to an activating group) is 1. The highest BCUT2D eigenvalue weighted by molar-refractivity contribution is 4.79. The lowest BCUT2D eigenvalue weighted by Gasteiger charge is -2.39. The Morgan fingerprint density at radius 2 is 1.88 bits per heavy atom. The van der Waals surface area contributed by atoms with E-state index < -0.39 is 0 Å². The molecule has 0 saturated carbocycles. The van der Waals surface area contributed by atoms with Crippen LogP contribution in [0.4, 0.5) is 0 Å². The second-order valence-corrected chi connectivity index (χ2v) is 4.79.